The van der Waals surface area contributed by atoms with E-state index in [1.54, 1.807) is 56.5 Å². The van der Waals surface area contributed by atoms with Crippen molar-refractivity contribution in [2.75, 3.05) is 19.2 Å². The summed E-state index contributed by atoms with van der Waals surface area (Å²) in [5, 5.41) is 3.07. The third kappa shape index (κ3) is 4.46. The van der Waals surface area contributed by atoms with E-state index in [2.05, 4.69) is 5.32 Å². The molecule has 0 bridgehead atoms. The molecule has 0 unspecified atom stereocenters. The number of ether oxygens (including phenoxy) is 3. The Labute approximate surface area is 217 Å². The largest absolute Gasteiger partial charge is 0.496 e. The summed E-state index contributed by atoms with van der Waals surface area (Å²) in [6.45, 7) is 3.74. The molecule has 1 saturated carbocycles. The van der Waals surface area contributed by atoms with Crippen LogP contribution in [0.3, 0.4) is 0 Å². The average Bonchev–Trinajstić information content (AvgIpc) is 3.60. The second-order valence-corrected chi connectivity index (χ2v) is 11.2. The lowest BCUT2D eigenvalue weighted by molar-refractivity contribution is -0.118. The van der Waals surface area contributed by atoms with Crippen LogP contribution in [0, 0.1) is 0 Å². The lowest BCUT2D eigenvalue weighted by Gasteiger charge is -2.18. The highest BCUT2D eigenvalue weighted by Crippen LogP contribution is 2.51. The van der Waals surface area contributed by atoms with E-state index in [-0.39, 0.29) is 17.6 Å². The molecule has 1 fully saturated rings. The molecule has 0 atom stereocenters. The molecule has 7 nitrogen and oxygen atoms in total. The Balaban J connectivity index is 1.41. The van der Waals surface area contributed by atoms with Crippen molar-refractivity contribution in [1.29, 1.82) is 0 Å². The number of methoxy groups -OCH3 is 1. The van der Waals surface area contributed by atoms with E-state index in [1.807, 2.05) is 31.2 Å². The zero-order valence-electron chi connectivity index (χ0n) is 21.0. The molecule has 1 heterocycles. The number of fused-ring (bicyclic) bond motifs is 1. The minimum absolute atomic E-state index is 0.0811. The highest BCUT2D eigenvalue weighted by Gasteiger charge is 2.51. The van der Waals surface area contributed by atoms with Crippen LogP contribution in [0.25, 0.3) is 11.1 Å². The molecule has 1 amide bonds. The van der Waals surface area contributed by atoms with Crippen molar-refractivity contribution in [3.8, 4) is 28.4 Å². The number of amides is 1. The van der Waals surface area contributed by atoms with E-state index >= 15 is 0 Å². The summed E-state index contributed by atoms with van der Waals surface area (Å²) in [5.74, 6) is 1.89. The molecule has 0 aromatic heterocycles. The lowest BCUT2D eigenvalue weighted by atomic mass is 9.94. The van der Waals surface area contributed by atoms with Gasteiger partial charge in [0, 0.05) is 16.2 Å². The molecular formula is C29H29NO6S. The van der Waals surface area contributed by atoms with E-state index in [4.69, 9.17) is 14.2 Å². The summed E-state index contributed by atoms with van der Waals surface area (Å²) >= 11 is 0. The zero-order valence-corrected chi connectivity index (χ0v) is 21.9. The van der Waals surface area contributed by atoms with E-state index in [0.717, 1.165) is 29.5 Å². The van der Waals surface area contributed by atoms with Crippen LogP contribution in [0.1, 0.15) is 38.7 Å². The van der Waals surface area contributed by atoms with Crippen molar-refractivity contribution >= 4 is 21.4 Å². The average molecular weight is 520 g/mol. The molecule has 37 heavy (non-hydrogen) atoms. The minimum Gasteiger partial charge on any atom is -0.496 e. The topological polar surface area (TPSA) is 90.9 Å². The van der Waals surface area contributed by atoms with Gasteiger partial charge in [0.1, 0.15) is 5.75 Å². The fourth-order valence-corrected chi connectivity index (χ4v) is 6.23. The van der Waals surface area contributed by atoms with Gasteiger partial charge in [0.05, 0.1) is 17.4 Å². The summed E-state index contributed by atoms with van der Waals surface area (Å²) in [6.07, 6.45) is 3.57. The molecule has 8 heteroatoms. The molecule has 192 valence electrons. The van der Waals surface area contributed by atoms with E-state index in [9.17, 15) is 13.2 Å². The molecule has 3 aromatic rings. The fourth-order valence-electron chi connectivity index (χ4n) is 4.74. The van der Waals surface area contributed by atoms with Gasteiger partial charge in [0.2, 0.25) is 22.5 Å². The number of allylic oxidation sites excluding steroid dienone is 2. The lowest BCUT2D eigenvalue weighted by Crippen LogP contribution is -2.27. The standard InChI is InChI=1S/C29H29NO6S/c1-4-22(5-2)37(32,33)23-10-6-19(7-11-23)24-17-21(9-13-25(24)34-3)30-28(31)29(14-15-29)20-8-12-26-27(16-20)36-18-35-26/h4,6-13,16-17H,5,14-15,18H2,1-3H3,(H,30,31)/b22-4-. The van der Waals surface area contributed by atoms with Gasteiger partial charge in [-0.2, -0.15) is 0 Å². The fraction of sp³-hybridized carbons (Fsp3) is 0.276. The number of sulfone groups is 1. The highest BCUT2D eigenvalue weighted by atomic mass is 32.2. The predicted octanol–water partition coefficient (Wildman–Crippen LogP) is 5.85. The summed E-state index contributed by atoms with van der Waals surface area (Å²) in [7, 11) is -1.95. The third-order valence-corrected chi connectivity index (χ3v) is 9.17. The number of carbonyl (C=O) groups excluding carboxylic acids is 1. The third-order valence-electron chi connectivity index (χ3n) is 7.06. The van der Waals surface area contributed by atoms with Gasteiger partial charge in [-0.05, 0) is 79.8 Å². The van der Waals surface area contributed by atoms with Gasteiger partial charge in [-0.1, -0.05) is 31.2 Å². The summed E-state index contributed by atoms with van der Waals surface area (Å²) in [5.41, 5.74) is 2.47. The normalized spacial score (nSPS) is 15.8. The number of carbonyl (C=O) groups is 1. The quantitative estimate of drug-likeness (QED) is 0.402. The smallest absolute Gasteiger partial charge is 0.235 e. The molecule has 5 rings (SSSR count). The Morgan fingerprint density at radius 3 is 2.41 bits per heavy atom. The number of rotatable bonds is 8. The molecule has 1 aliphatic heterocycles. The Morgan fingerprint density at radius 2 is 1.76 bits per heavy atom. The number of nitrogens with one attached hydrogen (secondary N) is 1. The molecule has 1 N–H and O–H groups in total. The Bertz CT molecular complexity index is 1490. The van der Waals surface area contributed by atoms with Gasteiger partial charge in [0.25, 0.3) is 0 Å². The number of benzene rings is 3. The van der Waals surface area contributed by atoms with Crippen molar-refractivity contribution in [2.24, 2.45) is 0 Å². The van der Waals surface area contributed by atoms with Crippen LogP contribution in [0.15, 0.2) is 76.5 Å². The van der Waals surface area contributed by atoms with Gasteiger partial charge in [-0.3, -0.25) is 4.79 Å². The first-order chi connectivity index (χ1) is 17.8. The zero-order chi connectivity index (χ0) is 26.2. The van der Waals surface area contributed by atoms with Crippen LogP contribution in [0.5, 0.6) is 17.2 Å². The Morgan fingerprint density at radius 1 is 1.03 bits per heavy atom. The van der Waals surface area contributed by atoms with E-state index < -0.39 is 15.3 Å². The van der Waals surface area contributed by atoms with Crippen LogP contribution in [0.2, 0.25) is 0 Å². The molecule has 0 radical (unpaired) electrons. The summed E-state index contributed by atoms with van der Waals surface area (Å²) in [4.78, 5) is 14.0. The summed E-state index contributed by atoms with van der Waals surface area (Å²) in [6, 6.07) is 17.8. The van der Waals surface area contributed by atoms with Crippen LogP contribution in [-0.4, -0.2) is 28.2 Å². The van der Waals surface area contributed by atoms with Gasteiger partial charge in [-0.15, -0.1) is 0 Å². The number of anilines is 1. The van der Waals surface area contributed by atoms with Crippen molar-refractivity contribution in [3.05, 3.63) is 77.2 Å². The second kappa shape index (κ2) is 9.59. The first-order valence-electron chi connectivity index (χ1n) is 12.2. The number of hydrogen-bond donors (Lipinski definition) is 1. The van der Waals surface area contributed by atoms with Gasteiger partial charge in [-0.25, -0.2) is 8.42 Å². The minimum atomic E-state index is -3.52. The van der Waals surface area contributed by atoms with Crippen molar-refractivity contribution < 1.29 is 27.4 Å². The maximum Gasteiger partial charge on any atom is 0.235 e. The Hall–Kier alpha value is -3.78. The first kappa shape index (κ1) is 24.9. The van der Waals surface area contributed by atoms with Crippen molar-refractivity contribution in [1.82, 2.24) is 0 Å². The van der Waals surface area contributed by atoms with Crippen LogP contribution in [0.4, 0.5) is 5.69 Å². The second-order valence-electron chi connectivity index (χ2n) is 9.16. The molecule has 3 aromatic carbocycles. The van der Waals surface area contributed by atoms with Gasteiger partial charge >= 0.3 is 0 Å². The van der Waals surface area contributed by atoms with Gasteiger partial charge < -0.3 is 19.5 Å². The SMILES string of the molecule is C/C=C(/CC)S(=O)(=O)c1ccc(-c2cc(NC(=O)C3(c4ccc5c(c4)OCO5)CC3)ccc2OC)cc1. The van der Waals surface area contributed by atoms with Crippen molar-refractivity contribution in [3.63, 3.8) is 0 Å². The highest BCUT2D eigenvalue weighted by molar-refractivity contribution is 7.95. The maximum absolute atomic E-state index is 13.4. The van der Waals surface area contributed by atoms with Crippen molar-refractivity contribution in [2.45, 2.75) is 43.4 Å². The molecule has 2 aliphatic rings. The number of hydrogen-bond acceptors (Lipinski definition) is 6. The van der Waals surface area contributed by atoms with Crippen LogP contribution < -0.4 is 19.5 Å². The van der Waals surface area contributed by atoms with Crippen LogP contribution >= 0.6 is 0 Å². The predicted molar refractivity (Wildman–Crippen MR) is 142 cm³/mol. The molecule has 0 saturated heterocycles. The first-order valence-corrected chi connectivity index (χ1v) is 13.7. The monoisotopic (exact) mass is 519 g/mol. The maximum atomic E-state index is 13.4. The summed E-state index contributed by atoms with van der Waals surface area (Å²) < 4.78 is 42.2. The van der Waals surface area contributed by atoms with Gasteiger partial charge in [0.15, 0.2) is 11.5 Å². The van der Waals surface area contributed by atoms with E-state index in [1.165, 1.54) is 0 Å². The Kier molecular flexibility index (Phi) is 6.45. The van der Waals surface area contributed by atoms with E-state index in [0.29, 0.717) is 34.3 Å². The van der Waals surface area contributed by atoms with Crippen LogP contribution in [-0.2, 0) is 20.0 Å². The molecule has 0 spiro atoms. The molecule has 1 aliphatic carbocycles. The molecular weight excluding hydrogens is 490 g/mol.